The van der Waals surface area contributed by atoms with Gasteiger partial charge in [-0.3, -0.25) is 4.79 Å². The molecule has 0 aliphatic heterocycles. The van der Waals surface area contributed by atoms with Gasteiger partial charge in [-0.1, -0.05) is 58.0 Å². The summed E-state index contributed by atoms with van der Waals surface area (Å²) < 4.78 is 0. The topological polar surface area (TPSA) is 41.1 Å². The maximum absolute atomic E-state index is 13.0. The third kappa shape index (κ3) is 5.77. The minimum Gasteiger partial charge on any atom is -0.352 e. The first-order valence-electron chi connectivity index (χ1n) is 12.3. The lowest BCUT2D eigenvalue weighted by Gasteiger charge is -2.13. The zero-order valence-corrected chi connectivity index (χ0v) is 19.9. The monoisotopic (exact) mass is 420 g/mol. The average Bonchev–Trinajstić information content (AvgIpc) is 3.08. The van der Waals surface area contributed by atoms with Crippen LogP contribution in [-0.2, 0) is 6.42 Å². The molecular formula is C28H40N2O. The van der Waals surface area contributed by atoms with Crippen molar-refractivity contribution in [2.24, 2.45) is 5.92 Å². The number of unbranched alkanes of at least 4 members (excludes halogenated alkanes) is 1. The molecule has 0 heterocycles. The Morgan fingerprint density at radius 3 is 2.58 bits per heavy atom. The first-order chi connectivity index (χ1) is 15.1. The van der Waals surface area contributed by atoms with Crippen molar-refractivity contribution >= 4 is 5.91 Å². The number of benzene rings is 2. The number of aryl methyl sites for hydroxylation is 1. The molecule has 1 unspecified atom stereocenters. The van der Waals surface area contributed by atoms with E-state index in [1.807, 2.05) is 6.07 Å². The molecule has 2 aromatic rings. The molecule has 31 heavy (non-hydrogen) atoms. The van der Waals surface area contributed by atoms with Crippen molar-refractivity contribution in [3.05, 3.63) is 58.7 Å². The van der Waals surface area contributed by atoms with E-state index in [9.17, 15) is 4.79 Å². The van der Waals surface area contributed by atoms with E-state index in [1.165, 1.54) is 41.5 Å². The van der Waals surface area contributed by atoms with E-state index in [0.29, 0.717) is 11.8 Å². The van der Waals surface area contributed by atoms with Gasteiger partial charge in [-0.15, -0.1) is 0 Å². The summed E-state index contributed by atoms with van der Waals surface area (Å²) in [4.78, 5) is 13.0. The van der Waals surface area contributed by atoms with Gasteiger partial charge in [0.05, 0.1) is 0 Å². The Bertz CT molecular complexity index is 871. The average molecular weight is 421 g/mol. The molecule has 168 valence electrons. The number of fused-ring (bicyclic) bond motifs is 3. The second kappa shape index (κ2) is 11.5. The molecule has 3 nitrogen and oxygen atoms in total. The van der Waals surface area contributed by atoms with Crippen LogP contribution in [0, 0.1) is 5.92 Å². The zero-order valence-electron chi connectivity index (χ0n) is 19.9. The minimum atomic E-state index is 0.0591. The van der Waals surface area contributed by atoms with Crippen molar-refractivity contribution in [3.63, 3.8) is 0 Å². The highest BCUT2D eigenvalue weighted by molar-refractivity contribution is 6.03. The number of hydrogen-bond donors (Lipinski definition) is 2. The second-order valence-electron chi connectivity index (χ2n) is 9.30. The van der Waals surface area contributed by atoms with Crippen LogP contribution >= 0.6 is 0 Å². The van der Waals surface area contributed by atoms with Crippen molar-refractivity contribution in [2.75, 3.05) is 19.6 Å². The highest BCUT2D eigenvalue weighted by atomic mass is 16.1. The number of carbonyl (C=O) groups excluding carboxylic acids is 1. The van der Waals surface area contributed by atoms with E-state index < -0.39 is 0 Å². The summed E-state index contributed by atoms with van der Waals surface area (Å²) in [5, 5.41) is 6.63. The minimum absolute atomic E-state index is 0.0591. The van der Waals surface area contributed by atoms with E-state index >= 15 is 0 Å². The summed E-state index contributed by atoms with van der Waals surface area (Å²) in [7, 11) is 0. The van der Waals surface area contributed by atoms with Gasteiger partial charge < -0.3 is 10.6 Å². The van der Waals surface area contributed by atoms with Gasteiger partial charge in [-0.25, -0.2) is 0 Å². The Morgan fingerprint density at radius 2 is 1.84 bits per heavy atom. The smallest absolute Gasteiger partial charge is 0.251 e. The molecule has 0 fully saturated rings. The van der Waals surface area contributed by atoms with Crippen LogP contribution in [0.2, 0.25) is 0 Å². The predicted molar refractivity (Wildman–Crippen MR) is 132 cm³/mol. The molecule has 1 aliphatic carbocycles. The molecule has 1 aliphatic rings. The molecule has 0 bridgehead atoms. The van der Waals surface area contributed by atoms with Crippen LogP contribution in [0.1, 0.15) is 92.8 Å². The summed E-state index contributed by atoms with van der Waals surface area (Å²) in [5.41, 5.74) is 7.37. The largest absolute Gasteiger partial charge is 0.352 e. The second-order valence-corrected chi connectivity index (χ2v) is 9.30. The van der Waals surface area contributed by atoms with Gasteiger partial charge in [0.1, 0.15) is 0 Å². The van der Waals surface area contributed by atoms with Crippen LogP contribution in [0.4, 0.5) is 0 Å². The summed E-state index contributed by atoms with van der Waals surface area (Å²) in [5.74, 6) is 1.04. The maximum atomic E-state index is 13.0. The van der Waals surface area contributed by atoms with E-state index in [4.69, 9.17) is 0 Å². The molecule has 2 aromatic carbocycles. The summed E-state index contributed by atoms with van der Waals surface area (Å²) >= 11 is 0. The first-order valence-corrected chi connectivity index (χ1v) is 12.3. The Kier molecular flexibility index (Phi) is 8.71. The van der Waals surface area contributed by atoms with Crippen molar-refractivity contribution in [1.82, 2.24) is 10.6 Å². The van der Waals surface area contributed by atoms with Crippen LogP contribution < -0.4 is 10.6 Å². The molecule has 3 heteroatoms. The van der Waals surface area contributed by atoms with Crippen LogP contribution in [-0.4, -0.2) is 25.5 Å². The normalized spacial score (nSPS) is 14.5. The first kappa shape index (κ1) is 23.5. The number of nitrogens with one attached hydrogen (secondary N) is 2. The highest BCUT2D eigenvalue weighted by Crippen LogP contribution is 2.48. The van der Waals surface area contributed by atoms with Crippen molar-refractivity contribution in [1.29, 1.82) is 0 Å². The molecule has 0 aromatic heterocycles. The molecule has 1 atom stereocenters. The lowest BCUT2D eigenvalue weighted by atomic mass is 9.92. The van der Waals surface area contributed by atoms with Gasteiger partial charge in [0.25, 0.3) is 5.91 Å². The molecule has 0 radical (unpaired) electrons. The van der Waals surface area contributed by atoms with Crippen LogP contribution in [0.15, 0.2) is 36.4 Å². The predicted octanol–water partition coefficient (Wildman–Crippen LogP) is 6.31. The van der Waals surface area contributed by atoms with Gasteiger partial charge >= 0.3 is 0 Å². The maximum Gasteiger partial charge on any atom is 0.251 e. The third-order valence-electron chi connectivity index (χ3n) is 6.39. The van der Waals surface area contributed by atoms with Gasteiger partial charge in [-0.05, 0) is 91.4 Å². The van der Waals surface area contributed by atoms with Gasteiger partial charge in [0, 0.05) is 18.0 Å². The van der Waals surface area contributed by atoms with Crippen molar-refractivity contribution in [2.45, 2.75) is 72.1 Å². The molecular weight excluding hydrogens is 380 g/mol. The van der Waals surface area contributed by atoms with Crippen molar-refractivity contribution in [3.8, 4) is 11.1 Å². The van der Waals surface area contributed by atoms with Crippen molar-refractivity contribution < 1.29 is 4.79 Å². The lowest BCUT2D eigenvalue weighted by Crippen LogP contribution is -2.25. The Hall–Kier alpha value is -2.13. The summed E-state index contributed by atoms with van der Waals surface area (Å²) in [6.45, 7) is 11.8. The van der Waals surface area contributed by atoms with Gasteiger partial charge in [0.15, 0.2) is 0 Å². The fourth-order valence-electron chi connectivity index (χ4n) is 4.69. The van der Waals surface area contributed by atoms with Crippen LogP contribution in [0.5, 0.6) is 0 Å². The van der Waals surface area contributed by atoms with E-state index in [1.54, 1.807) is 0 Å². The Morgan fingerprint density at radius 1 is 1.00 bits per heavy atom. The van der Waals surface area contributed by atoms with Crippen LogP contribution in [0.3, 0.4) is 0 Å². The van der Waals surface area contributed by atoms with Gasteiger partial charge in [-0.2, -0.15) is 0 Å². The molecule has 2 N–H and O–H groups in total. The molecule has 0 saturated carbocycles. The van der Waals surface area contributed by atoms with E-state index in [2.05, 4.69) is 68.7 Å². The summed E-state index contributed by atoms with van der Waals surface area (Å²) in [6.07, 6.45) is 6.81. The van der Waals surface area contributed by atoms with Gasteiger partial charge in [0.2, 0.25) is 0 Å². The quantitative estimate of drug-likeness (QED) is 0.395. The fourth-order valence-corrected chi connectivity index (χ4v) is 4.69. The SMILES string of the molecule is CCCNCCCCc1ccc2c(c1)C(CC)c1cccc(C(=O)NCCC(C)C)c1-2. The number of hydrogen-bond acceptors (Lipinski definition) is 2. The van der Waals surface area contributed by atoms with E-state index in [-0.39, 0.29) is 5.91 Å². The number of carbonyl (C=O) groups is 1. The molecule has 0 spiro atoms. The highest BCUT2D eigenvalue weighted by Gasteiger charge is 2.31. The molecule has 3 rings (SSSR count). The standard InChI is InChI=1S/C28H40N2O/c1-5-16-29-17-8-7-10-21-13-14-24-26(19-21)22(6-2)23-11-9-12-25(27(23)24)28(31)30-18-15-20(3)4/h9,11-14,19-20,22,29H,5-8,10,15-18H2,1-4H3,(H,30,31). The Balaban J connectivity index is 1.77. The van der Waals surface area contributed by atoms with E-state index in [0.717, 1.165) is 50.0 Å². The Labute approximate surface area is 189 Å². The fraction of sp³-hybridized carbons (Fsp3) is 0.536. The lowest BCUT2D eigenvalue weighted by molar-refractivity contribution is 0.0952. The summed E-state index contributed by atoms with van der Waals surface area (Å²) in [6, 6.07) is 13.2. The molecule has 1 amide bonds. The third-order valence-corrected chi connectivity index (χ3v) is 6.39. The number of amides is 1. The zero-order chi connectivity index (χ0) is 22.2. The van der Waals surface area contributed by atoms with Crippen LogP contribution in [0.25, 0.3) is 11.1 Å². The molecule has 0 saturated heterocycles. The number of rotatable bonds is 12.